The molecule has 0 aliphatic carbocycles. The number of benzene rings is 2. The fraction of sp³-hybridized carbons (Fsp3) is 0.348. The van der Waals surface area contributed by atoms with E-state index in [1.54, 1.807) is 7.11 Å². The summed E-state index contributed by atoms with van der Waals surface area (Å²) in [5.41, 5.74) is 5.66. The van der Waals surface area contributed by atoms with E-state index in [2.05, 4.69) is 41.1 Å². The van der Waals surface area contributed by atoms with E-state index in [-0.39, 0.29) is 0 Å². The molecule has 4 rings (SSSR count). The van der Waals surface area contributed by atoms with Crippen molar-refractivity contribution in [3.05, 3.63) is 64.8 Å². The van der Waals surface area contributed by atoms with Gasteiger partial charge >= 0.3 is 0 Å². The first kappa shape index (κ1) is 17.8. The Labute approximate surface area is 160 Å². The van der Waals surface area contributed by atoms with Crippen molar-refractivity contribution in [2.75, 3.05) is 13.7 Å². The lowest BCUT2D eigenvalue weighted by atomic mass is 9.93. The monoisotopic (exact) mass is 362 g/mol. The maximum Gasteiger partial charge on any atom is 0.150 e. The Morgan fingerprint density at radius 2 is 2.04 bits per heavy atom. The molecule has 2 heterocycles. The third-order valence-electron chi connectivity index (χ3n) is 5.76. The van der Waals surface area contributed by atoms with Crippen LogP contribution in [0.15, 0.2) is 42.6 Å². The number of aromatic nitrogens is 1. The third-order valence-corrected chi connectivity index (χ3v) is 5.76. The van der Waals surface area contributed by atoms with Crippen LogP contribution < -0.4 is 4.74 Å². The molecular weight excluding hydrogens is 336 g/mol. The molecule has 0 bridgehead atoms. The maximum absolute atomic E-state index is 11.0. The van der Waals surface area contributed by atoms with Crippen molar-refractivity contribution in [3.8, 4) is 5.75 Å². The normalized spacial score (nSPS) is 17.9. The Kier molecular flexibility index (Phi) is 4.99. The molecule has 0 saturated carbocycles. The molecule has 1 atom stereocenters. The topological polar surface area (TPSA) is 45.3 Å². The molecule has 27 heavy (non-hydrogen) atoms. The average molecular weight is 362 g/mol. The average Bonchev–Trinajstić information content (AvgIpc) is 3.21. The van der Waals surface area contributed by atoms with Gasteiger partial charge < -0.3 is 9.72 Å². The van der Waals surface area contributed by atoms with Gasteiger partial charge in [-0.25, -0.2) is 0 Å². The highest BCUT2D eigenvalue weighted by Gasteiger charge is 2.26. The Balaban J connectivity index is 1.69. The number of aromatic amines is 1. The van der Waals surface area contributed by atoms with Gasteiger partial charge in [0.25, 0.3) is 0 Å². The fourth-order valence-electron chi connectivity index (χ4n) is 4.34. The lowest BCUT2D eigenvalue weighted by Crippen LogP contribution is -2.33. The van der Waals surface area contributed by atoms with Crippen molar-refractivity contribution in [2.45, 2.75) is 38.8 Å². The number of ether oxygens (including phenoxy) is 1. The molecule has 1 aliphatic heterocycles. The quantitative estimate of drug-likeness (QED) is 0.648. The highest BCUT2D eigenvalue weighted by atomic mass is 16.5. The molecule has 1 fully saturated rings. The van der Waals surface area contributed by atoms with Crippen LogP contribution in [0, 0.1) is 6.92 Å². The molecule has 2 aromatic carbocycles. The predicted molar refractivity (Wildman–Crippen MR) is 108 cm³/mol. The Bertz CT molecular complexity index is 943. The van der Waals surface area contributed by atoms with Gasteiger partial charge in [-0.15, -0.1) is 0 Å². The van der Waals surface area contributed by atoms with Gasteiger partial charge in [-0.1, -0.05) is 30.7 Å². The van der Waals surface area contributed by atoms with E-state index in [4.69, 9.17) is 4.74 Å². The summed E-state index contributed by atoms with van der Waals surface area (Å²) in [6, 6.07) is 12.7. The number of rotatable bonds is 5. The molecule has 4 nitrogen and oxygen atoms in total. The van der Waals surface area contributed by atoms with Gasteiger partial charge in [-0.3, -0.25) is 9.69 Å². The Hall–Kier alpha value is -2.59. The first-order chi connectivity index (χ1) is 13.2. The molecule has 1 aromatic heterocycles. The van der Waals surface area contributed by atoms with Crippen LogP contribution in [0.1, 0.15) is 52.4 Å². The number of piperidine rings is 1. The number of H-pyrrole nitrogens is 1. The van der Waals surface area contributed by atoms with Crippen molar-refractivity contribution < 1.29 is 9.53 Å². The molecule has 140 valence electrons. The smallest absolute Gasteiger partial charge is 0.150 e. The van der Waals surface area contributed by atoms with Gasteiger partial charge in [0.2, 0.25) is 0 Å². The zero-order valence-corrected chi connectivity index (χ0v) is 16.0. The molecule has 0 radical (unpaired) electrons. The van der Waals surface area contributed by atoms with Crippen LogP contribution >= 0.6 is 0 Å². The van der Waals surface area contributed by atoms with Gasteiger partial charge in [-0.2, -0.15) is 0 Å². The number of hydrogen-bond acceptors (Lipinski definition) is 3. The number of nitrogens with one attached hydrogen (secondary N) is 1. The van der Waals surface area contributed by atoms with Crippen LogP contribution in [0.2, 0.25) is 0 Å². The summed E-state index contributed by atoms with van der Waals surface area (Å²) in [6.07, 6.45) is 6.51. The first-order valence-electron chi connectivity index (χ1n) is 9.64. The molecule has 1 aliphatic rings. The van der Waals surface area contributed by atoms with E-state index in [0.29, 0.717) is 6.04 Å². The number of carbonyl (C=O) groups is 1. The third kappa shape index (κ3) is 3.37. The van der Waals surface area contributed by atoms with Crippen molar-refractivity contribution in [1.82, 2.24) is 9.88 Å². The van der Waals surface area contributed by atoms with Gasteiger partial charge in [0.1, 0.15) is 12.0 Å². The largest absolute Gasteiger partial charge is 0.496 e. The van der Waals surface area contributed by atoms with Crippen LogP contribution in [-0.4, -0.2) is 29.8 Å². The standard InChI is InChI=1S/C23H26N2O2/c1-16-13-22(27-2)20(19-10-11-24-23(16)19)14-25-12-4-3-5-21(25)18-8-6-17(15-26)7-9-18/h6-11,13,15,21,24H,3-5,12,14H2,1-2H3. The zero-order chi connectivity index (χ0) is 18.8. The van der Waals surface area contributed by atoms with Crippen LogP contribution in [0.25, 0.3) is 10.9 Å². The molecule has 4 heteroatoms. The summed E-state index contributed by atoms with van der Waals surface area (Å²) in [4.78, 5) is 16.9. The van der Waals surface area contributed by atoms with Crippen LogP contribution in [0.3, 0.4) is 0 Å². The highest BCUT2D eigenvalue weighted by molar-refractivity contribution is 5.88. The Morgan fingerprint density at radius 1 is 1.22 bits per heavy atom. The second kappa shape index (κ2) is 7.57. The van der Waals surface area contributed by atoms with Crippen LogP contribution in [0.5, 0.6) is 5.75 Å². The predicted octanol–water partition coefficient (Wildman–Crippen LogP) is 5.02. The number of carbonyl (C=O) groups excluding carboxylic acids is 1. The van der Waals surface area contributed by atoms with E-state index in [0.717, 1.165) is 37.1 Å². The van der Waals surface area contributed by atoms with Crippen LogP contribution in [-0.2, 0) is 6.54 Å². The van der Waals surface area contributed by atoms with Crippen LogP contribution in [0.4, 0.5) is 0 Å². The number of hydrogen-bond donors (Lipinski definition) is 1. The van der Waals surface area contributed by atoms with E-state index in [1.807, 2.05) is 18.3 Å². The maximum atomic E-state index is 11.0. The van der Waals surface area contributed by atoms with Crippen molar-refractivity contribution in [1.29, 1.82) is 0 Å². The van der Waals surface area contributed by atoms with E-state index in [9.17, 15) is 4.79 Å². The summed E-state index contributed by atoms with van der Waals surface area (Å²) in [5.74, 6) is 0.959. The summed E-state index contributed by atoms with van der Waals surface area (Å²) in [5, 5.41) is 1.24. The van der Waals surface area contributed by atoms with Crippen molar-refractivity contribution in [3.63, 3.8) is 0 Å². The summed E-state index contributed by atoms with van der Waals surface area (Å²) in [6.45, 7) is 4.05. The number of aryl methyl sites for hydroxylation is 1. The highest BCUT2D eigenvalue weighted by Crippen LogP contribution is 2.37. The van der Waals surface area contributed by atoms with E-state index in [1.165, 1.54) is 40.4 Å². The minimum Gasteiger partial charge on any atom is -0.496 e. The second-order valence-electron chi connectivity index (χ2n) is 7.41. The minimum atomic E-state index is 0.374. The SMILES string of the molecule is COc1cc(C)c2[nH]ccc2c1CN1CCCCC1c1ccc(C=O)cc1. The van der Waals surface area contributed by atoms with Gasteiger partial charge in [-0.05, 0) is 49.6 Å². The molecule has 1 N–H and O–H groups in total. The summed E-state index contributed by atoms with van der Waals surface area (Å²) >= 11 is 0. The van der Waals surface area contributed by atoms with Gasteiger partial charge in [0.05, 0.1) is 7.11 Å². The molecule has 1 unspecified atom stereocenters. The minimum absolute atomic E-state index is 0.374. The van der Waals surface area contributed by atoms with Crippen molar-refractivity contribution in [2.24, 2.45) is 0 Å². The number of likely N-dealkylation sites (tertiary alicyclic amines) is 1. The first-order valence-corrected chi connectivity index (χ1v) is 9.64. The fourth-order valence-corrected chi connectivity index (χ4v) is 4.34. The number of aldehydes is 1. The summed E-state index contributed by atoms with van der Waals surface area (Å²) in [7, 11) is 1.75. The molecular formula is C23H26N2O2. The molecule has 1 saturated heterocycles. The number of fused-ring (bicyclic) bond motifs is 1. The lowest BCUT2D eigenvalue weighted by Gasteiger charge is -2.36. The van der Waals surface area contributed by atoms with E-state index >= 15 is 0 Å². The molecule has 0 spiro atoms. The second-order valence-corrected chi connectivity index (χ2v) is 7.41. The van der Waals surface area contributed by atoms with E-state index < -0.39 is 0 Å². The number of methoxy groups -OCH3 is 1. The van der Waals surface area contributed by atoms with Gasteiger partial charge in [0, 0.05) is 40.8 Å². The Morgan fingerprint density at radius 3 is 2.78 bits per heavy atom. The van der Waals surface area contributed by atoms with Gasteiger partial charge in [0.15, 0.2) is 0 Å². The molecule has 0 amide bonds. The summed E-state index contributed by atoms with van der Waals surface area (Å²) < 4.78 is 5.74. The zero-order valence-electron chi connectivity index (χ0n) is 16.0. The van der Waals surface area contributed by atoms with Crippen molar-refractivity contribution >= 4 is 17.2 Å². The lowest BCUT2D eigenvalue weighted by molar-refractivity contribution is 0.112. The number of nitrogens with zero attached hydrogens (tertiary/aromatic N) is 1. The molecule has 3 aromatic rings.